The molecule has 1 heterocycles. The van der Waals surface area contributed by atoms with Gasteiger partial charge in [-0.15, -0.1) is 0 Å². The molecule has 0 amide bonds. The fourth-order valence-electron chi connectivity index (χ4n) is 6.03. The topological polar surface area (TPSA) is 65.7 Å². The lowest BCUT2D eigenvalue weighted by atomic mass is 9.82. The molecule has 0 unspecified atom stereocenters. The van der Waals surface area contributed by atoms with Gasteiger partial charge in [0, 0.05) is 16.2 Å². The third kappa shape index (κ3) is 3.52. The Hall–Kier alpha value is -4.96. The number of rotatable bonds is 3. The minimum atomic E-state index is -0.189. The molecule has 39 heavy (non-hydrogen) atoms. The lowest BCUT2D eigenvalue weighted by Crippen LogP contribution is -2.14. The minimum absolute atomic E-state index is 0.189. The van der Waals surface area contributed by atoms with Crippen molar-refractivity contribution in [1.82, 2.24) is 4.98 Å². The highest BCUT2D eigenvalue weighted by Gasteiger charge is 2.37. The van der Waals surface area contributed by atoms with E-state index in [1.165, 1.54) is 11.1 Å². The predicted molar refractivity (Wildman–Crippen MR) is 159 cm³/mol. The number of aromatic nitrogens is 1. The van der Waals surface area contributed by atoms with E-state index in [0.29, 0.717) is 22.5 Å². The van der Waals surface area contributed by atoms with Crippen molar-refractivity contribution in [3.8, 4) is 33.9 Å². The van der Waals surface area contributed by atoms with Gasteiger partial charge in [-0.1, -0.05) is 92.7 Å². The molecule has 0 saturated heterocycles. The van der Waals surface area contributed by atoms with Crippen molar-refractivity contribution in [2.45, 2.75) is 19.3 Å². The molecule has 1 aliphatic carbocycles. The van der Waals surface area contributed by atoms with Crippen molar-refractivity contribution in [3.05, 3.63) is 120 Å². The van der Waals surface area contributed by atoms with Gasteiger partial charge in [-0.3, -0.25) is 4.99 Å². The van der Waals surface area contributed by atoms with Crippen LogP contribution in [0.5, 0.6) is 11.5 Å². The molecule has 1 aromatic heterocycles. The Morgan fingerprint density at radius 3 is 2.31 bits per heavy atom. The quantitative estimate of drug-likeness (QED) is 0.236. The molecule has 0 spiro atoms. The first kappa shape index (κ1) is 23.2. The summed E-state index contributed by atoms with van der Waals surface area (Å²) in [6.07, 6.45) is 1.76. The van der Waals surface area contributed by atoms with E-state index in [1.54, 1.807) is 18.3 Å². The van der Waals surface area contributed by atoms with Crippen LogP contribution in [-0.2, 0) is 5.41 Å². The molecule has 0 aliphatic heterocycles. The molecular formula is C35H26N2O2. The summed E-state index contributed by atoms with van der Waals surface area (Å²) in [5.74, 6) is 0.392. The minimum Gasteiger partial charge on any atom is -0.507 e. The van der Waals surface area contributed by atoms with Gasteiger partial charge in [-0.25, -0.2) is 4.98 Å². The number of aromatic hydroxyl groups is 2. The van der Waals surface area contributed by atoms with E-state index in [4.69, 9.17) is 9.98 Å². The number of benzene rings is 5. The number of hydrogen-bond acceptors (Lipinski definition) is 4. The van der Waals surface area contributed by atoms with Crippen LogP contribution in [0.1, 0.15) is 30.7 Å². The number of nitrogens with zero attached hydrogens (tertiary/aromatic N) is 2. The second kappa shape index (κ2) is 8.53. The zero-order valence-electron chi connectivity index (χ0n) is 21.7. The third-order valence-corrected chi connectivity index (χ3v) is 7.94. The lowest BCUT2D eigenvalue weighted by Gasteiger charge is -2.22. The highest BCUT2D eigenvalue weighted by atomic mass is 16.3. The van der Waals surface area contributed by atoms with Crippen LogP contribution < -0.4 is 0 Å². The third-order valence-electron chi connectivity index (χ3n) is 7.94. The summed E-state index contributed by atoms with van der Waals surface area (Å²) in [4.78, 5) is 9.87. The Bertz CT molecular complexity index is 1970. The Labute approximate surface area is 226 Å². The van der Waals surface area contributed by atoms with E-state index >= 15 is 0 Å². The number of hydrogen-bond donors (Lipinski definition) is 2. The molecule has 0 radical (unpaired) electrons. The number of fused-ring (bicyclic) bond motifs is 5. The Morgan fingerprint density at radius 1 is 0.692 bits per heavy atom. The highest BCUT2D eigenvalue weighted by Crippen LogP contribution is 2.54. The van der Waals surface area contributed by atoms with Crippen LogP contribution in [0.25, 0.3) is 43.9 Å². The van der Waals surface area contributed by atoms with Crippen LogP contribution in [0.3, 0.4) is 0 Å². The van der Waals surface area contributed by atoms with E-state index in [0.717, 1.165) is 32.8 Å². The van der Waals surface area contributed by atoms with Gasteiger partial charge in [0.1, 0.15) is 11.5 Å². The van der Waals surface area contributed by atoms with Gasteiger partial charge < -0.3 is 10.2 Å². The van der Waals surface area contributed by atoms with Crippen LogP contribution >= 0.6 is 0 Å². The van der Waals surface area contributed by atoms with Crippen molar-refractivity contribution in [2.24, 2.45) is 4.99 Å². The number of phenolic OH excluding ortho intramolecular Hbond substituents is 2. The summed E-state index contributed by atoms with van der Waals surface area (Å²) in [5, 5.41) is 25.4. The van der Waals surface area contributed by atoms with Gasteiger partial charge >= 0.3 is 0 Å². The largest absolute Gasteiger partial charge is 0.507 e. The second-order valence-corrected chi connectivity index (χ2v) is 10.6. The van der Waals surface area contributed by atoms with Crippen molar-refractivity contribution < 1.29 is 10.2 Å². The van der Waals surface area contributed by atoms with Crippen molar-refractivity contribution in [1.29, 1.82) is 0 Å². The van der Waals surface area contributed by atoms with Gasteiger partial charge in [0.05, 0.1) is 28.9 Å². The van der Waals surface area contributed by atoms with E-state index in [9.17, 15) is 10.2 Å². The standard InChI is InChI=1S/C35H26N2O2/c1-35(2)25-14-6-5-13-24(25)33-26(35)17-18-31(39)34(33)28-19-22-9-3-4-12-23(22)29(37-28)20-36-27-15-7-10-21-11-8-16-30(38)32(21)27/h3-20,38-39H,1-2H3. The van der Waals surface area contributed by atoms with Gasteiger partial charge in [0.2, 0.25) is 0 Å². The monoisotopic (exact) mass is 506 g/mol. The van der Waals surface area contributed by atoms with E-state index < -0.39 is 0 Å². The molecule has 188 valence electrons. The SMILES string of the molecule is CC1(C)c2ccccc2-c2c1ccc(O)c2-c1cc2ccccc2c(C=Nc2cccc3cccc(O)c23)n1. The number of phenols is 2. The molecule has 0 bridgehead atoms. The number of pyridine rings is 1. The summed E-state index contributed by atoms with van der Waals surface area (Å²) in [6.45, 7) is 4.45. The van der Waals surface area contributed by atoms with Gasteiger partial charge in [0.15, 0.2) is 0 Å². The van der Waals surface area contributed by atoms with Crippen molar-refractivity contribution in [2.75, 3.05) is 0 Å². The molecule has 0 atom stereocenters. The first-order valence-corrected chi connectivity index (χ1v) is 13.0. The van der Waals surface area contributed by atoms with Crippen LogP contribution in [-0.4, -0.2) is 21.4 Å². The van der Waals surface area contributed by atoms with Gasteiger partial charge in [-0.05, 0) is 57.3 Å². The molecule has 1 aliphatic rings. The summed E-state index contributed by atoms with van der Waals surface area (Å²) in [6, 6.07) is 33.6. The number of aliphatic imine (C=N–C) groups is 1. The maximum atomic E-state index is 11.2. The summed E-state index contributed by atoms with van der Waals surface area (Å²) in [5.41, 5.74) is 7.16. The van der Waals surface area contributed by atoms with E-state index in [2.05, 4.69) is 38.1 Å². The maximum Gasteiger partial charge on any atom is 0.125 e. The van der Waals surface area contributed by atoms with Gasteiger partial charge in [0.25, 0.3) is 0 Å². The molecule has 0 fully saturated rings. The molecule has 4 heteroatoms. The summed E-state index contributed by atoms with van der Waals surface area (Å²) < 4.78 is 0. The van der Waals surface area contributed by atoms with Crippen molar-refractivity contribution >= 4 is 33.4 Å². The fourth-order valence-corrected chi connectivity index (χ4v) is 6.03. The summed E-state index contributed by atoms with van der Waals surface area (Å²) in [7, 11) is 0. The smallest absolute Gasteiger partial charge is 0.125 e. The predicted octanol–water partition coefficient (Wildman–Crippen LogP) is 8.52. The average molecular weight is 507 g/mol. The first-order valence-electron chi connectivity index (χ1n) is 13.0. The van der Waals surface area contributed by atoms with Crippen LogP contribution in [0.4, 0.5) is 5.69 Å². The fraction of sp³-hybridized carbons (Fsp3) is 0.0857. The molecular weight excluding hydrogens is 480 g/mol. The van der Waals surface area contributed by atoms with Gasteiger partial charge in [-0.2, -0.15) is 0 Å². The van der Waals surface area contributed by atoms with E-state index in [-0.39, 0.29) is 16.9 Å². The zero-order valence-corrected chi connectivity index (χ0v) is 21.7. The Morgan fingerprint density at radius 2 is 1.44 bits per heavy atom. The Balaban J connectivity index is 1.46. The molecule has 0 saturated carbocycles. The molecule has 4 nitrogen and oxygen atoms in total. The van der Waals surface area contributed by atoms with Crippen LogP contribution in [0.2, 0.25) is 0 Å². The maximum absolute atomic E-state index is 11.2. The molecule has 5 aromatic carbocycles. The van der Waals surface area contributed by atoms with E-state index in [1.807, 2.05) is 66.7 Å². The second-order valence-electron chi connectivity index (χ2n) is 10.6. The average Bonchev–Trinajstić information content (AvgIpc) is 3.18. The normalized spacial score (nSPS) is 13.7. The zero-order chi connectivity index (χ0) is 26.7. The molecule has 6 aromatic rings. The first-order chi connectivity index (χ1) is 18.9. The lowest BCUT2D eigenvalue weighted by molar-refractivity contribution is 0.477. The van der Waals surface area contributed by atoms with Crippen molar-refractivity contribution in [3.63, 3.8) is 0 Å². The van der Waals surface area contributed by atoms with Crippen LogP contribution in [0, 0.1) is 0 Å². The summed E-state index contributed by atoms with van der Waals surface area (Å²) >= 11 is 0. The molecule has 7 rings (SSSR count). The molecule has 2 N–H and O–H groups in total. The Kier molecular flexibility index (Phi) is 5.07. The van der Waals surface area contributed by atoms with Crippen LogP contribution in [0.15, 0.2) is 108 Å². The highest BCUT2D eigenvalue weighted by molar-refractivity contribution is 6.04.